The molecule has 6 rings (SSSR count). The van der Waals surface area contributed by atoms with Crippen molar-refractivity contribution in [3.63, 3.8) is 0 Å². The van der Waals surface area contributed by atoms with Crippen molar-refractivity contribution in [3.05, 3.63) is 45.7 Å². The number of hydrogen-bond donors (Lipinski definition) is 2. The van der Waals surface area contributed by atoms with E-state index >= 15 is 0 Å². The topological polar surface area (TPSA) is 61.7 Å². The number of fused-ring (bicyclic) bond motifs is 4. The predicted molar refractivity (Wildman–Crippen MR) is 105 cm³/mol. The number of rotatable bonds is 3. The minimum atomic E-state index is -0.211. The summed E-state index contributed by atoms with van der Waals surface area (Å²) in [4.78, 5) is 15.1. The molecule has 26 heavy (non-hydrogen) atoms. The summed E-state index contributed by atoms with van der Waals surface area (Å²) in [7, 11) is 0. The van der Waals surface area contributed by atoms with Crippen LogP contribution in [0.2, 0.25) is 5.02 Å². The van der Waals surface area contributed by atoms with Crippen LogP contribution < -0.4 is 15.5 Å². The smallest absolute Gasteiger partial charge is 0.274 e. The average molecular weight is 388 g/mol. The van der Waals surface area contributed by atoms with E-state index in [2.05, 4.69) is 15.5 Å². The van der Waals surface area contributed by atoms with E-state index in [1.54, 1.807) is 16.0 Å². The van der Waals surface area contributed by atoms with Crippen LogP contribution in [0.5, 0.6) is 0 Å². The molecule has 2 bridgehead atoms. The number of thiophene rings is 1. The molecule has 3 aromatic heterocycles. The Bertz CT molecular complexity index is 975. The molecule has 3 aliphatic heterocycles. The first-order valence-electron chi connectivity index (χ1n) is 8.71. The lowest BCUT2D eigenvalue weighted by Gasteiger charge is -2.46. The van der Waals surface area contributed by atoms with Crippen LogP contribution in [-0.2, 0) is 0 Å². The maximum atomic E-state index is 12.7. The molecule has 2 N–H and O–H groups in total. The third-order valence-electron chi connectivity index (χ3n) is 5.23. The number of nitrogens with zero attached hydrogens (tertiary/aromatic N) is 3. The molecular formula is C18H18ClN5OS. The highest BCUT2D eigenvalue weighted by atomic mass is 35.5. The third-order valence-corrected chi connectivity index (χ3v) is 6.41. The van der Waals surface area contributed by atoms with Crippen molar-refractivity contribution in [1.82, 2.24) is 14.9 Å². The summed E-state index contributed by atoms with van der Waals surface area (Å²) >= 11 is 7.54. The van der Waals surface area contributed by atoms with Gasteiger partial charge in [0.05, 0.1) is 16.2 Å². The lowest BCUT2D eigenvalue weighted by molar-refractivity contribution is 0.102. The van der Waals surface area contributed by atoms with Crippen LogP contribution in [-0.4, -0.2) is 40.7 Å². The Labute approximate surface area is 159 Å². The molecule has 3 saturated heterocycles. The molecule has 3 fully saturated rings. The van der Waals surface area contributed by atoms with Gasteiger partial charge in [0.1, 0.15) is 11.5 Å². The molecule has 3 aliphatic rings. The number of aromatic nitrogens is 2. The molecule has 134 valence electrons. The Morgan fingerprint density at radius 1 is 1.27 bits per heavy atom. The van der Waals surface area contributed by atoms with Crippen LogP contribution in [0.1, 0.15) is 23.3 Å². The van der Waals surface area contributed by atoms with Gasteiger partial charge in [-0.2, -0.15) is 0 Å². The number of carbonyl (C=O) groups excluding carboxylic acids is 1. The highest BCUT2D eigenvalue weighted by Crippen LogP contribution is 2.28. The molecular weight excluding hydrogens is 370 g/mol. The molecule has 3 aromatic rings. The Balaban J connectivity index is 1.47. The molecule has 1 amide bonds. The predicted octanol–water partition coefficient (Wildman–Crippen LogP) is 3.24. The van der Waals surface area contributed by atoms with E-state index in [-0.39, 0.29) is 5.91 Å². The fourth-order valence-corrected chi connectivity index (χ4v) is 4.81. The number of carbonyl (C=O) groups is 1. The molecule has 0 aromatic carbocycles. The number of hydrogen-bond acceptors (Lipinski definition) is 5. The van der Waals surface area contributed by atoms with Crippen LogP contribution >= 0.6 is 22.9 Å². The molecule has 6 heterocycles. The van der Waals surface area contributed by atoms with Crippen molar-refractivity contribution in [1.29, 1.82) is 0 Å². The molecule has 8 heteroatoms. The average Bonchev–Trinajstić information content (AvgIpc) is 3.28. The summed E-state index contributed by atoms with van der Waals surface area (Å²) in [5.41, 5.74) is 2.03. The first kappa shape index (κ1) is 16.1. The van der Waals surface area contributed by atoms with E-state index in [4.69, 9.17) is 16.7 Å². The summed E-state index contributed by atoms with van der Waals surface area (Å²) in [6.45, 7) is 1.97. The number of nitrogens with one attached hydrogen (secondary N) is 2. The van der Waals surface area contributed by atoms with Gasteiger partial charge >= 0.3 is 0 Å². The monoisotopic (exact) mass is 387 g/mol. The summed E-state index contributed by atoms with van der Waals surface area (Å²) in [5.74, 6) is 0.712. The number of anilines is 2. The van der Waals surface area contributed by atoms with Gasteiger partial charge < -0.3 is 15.5 Å². The fourth-order valence-electron chi connectivity index (χ4n) is 3.85. The van der Waals surface area contributed by atoms with Crippen LogP contribution in [0.25, 0.3) is 5.52 Å². The number of piperidine rings is 2. The second kappa shape index (κ2) is 6.26. The van der Waals surface area contributed by atoms with Gasteiger partial charge in [-0.05, 0) is 37.1 Å². The number of amides is 1. The molecule has 2 atom stereocenters. The molecule has 6 nitrogen and oxygen atoms in total. The zero-order valence-electron chi connectivity index (χ0n) is 14.0. The van der Waals surface area contributed by atoms with Crippen molar-refractivity contribution < 1.29 is 4.79 Å². The summed E-state index contributed by atoms with van der Waals surface area (Å²) < 4.78 is 1.72. The summed E-state index contributed by atoms with van der Waals surface area (Å²) in [6.07, 6.45) is 2.41. The first-order valence-corrected chi connectivity index (χ1v) is 10.0. The van der Waals surface area contributed by atoms with Gasteiger partial charge in [-0.25, -0.2) is 4.52 Å². The first-order chi connectivity index (χ1) is 12.7. The van der Waals surface area contributed by atoms with E-state index in [0.29, 0.717) is 28.5 Å². The minimum Gasteiger partial charge on any atom is -0.349 e. The Morgan fingerprint density at radius 2 is 2.15 bits per heavy atom. The number of piperazine rings is 1. The Hall–Kier alpha value is -2.09. The normalized spacial score (nSPS) is 22.1. The Kier molecular flexibility index (Phi) is 3.88. The third kappa shape index (κ3) is 2.67. The van der Waals surface area contributed by atoms with Crippen molar-refractivity contribution in [2.24, 2.45) is 0 Å². The zero-order chi connectivity index (χ0) is 17.7. The van der Waals surface area contributed by atoms with E-state index in [1.165, 1.54) is 24.2 Å². The SMILES string of the molecule is O=C(Nc1cscc1Cl)c1ccc2ccc(N3C[C@@H]4CCC3CN4)nn12. The van der Waals surface area contributed by atoms with E-state index in [0.717, 1.165) is 24.4 Å². The van der Waals surface area contributed by atoms with Gasteiger partial charge in [0, 0.05) is 35.9 Å². The van der Waals surface area contributed by atoms with Crippen molar-refractivity contribution in [2.45, 2.75) is 24.9 Å². The lowest BCUT2D eigenvalue weighted by atomic mass is 9.93. The van der Waals surface area contributed by atoms with Gasteiger partial charge in [-0.1, -0.05) is 11.6 Å². The molecule has 0 spiro atoms. The van der Waals surface area contributed by atoms with Gasteiger partial charge in [0.25, 0.3) is 5.91 Å². The van der Waals surface area contributed by atoms with Crippen LogP contribution in [0.3, 0.4) is 0 Å². The number of halogens is 1. The van der Waals surface area contributed by atoms with Crippen molar-refractivity contribution in [3.8, 4) is 0 Å². The summed E-state index contributed by atoms with van der Waals surface area (Å²) in [6, 6.07) is 8.78. The van der Waals surface area contributed by atoms with Crippen molar-refractivity contribution in [2.75, 3.05) is 23.3 Å². The second-order valence-electron chi connectivity index (χ2n) is 6.82. The lowest BCUT2D eigenvalue weighted by Crippen LogP contribution is -2.61. The fraction of sp³-hybridized carbons (Fsp3) is 0.333. The Morgan fingerprint density at radius 3 is 2.85 bits per heavy atom. The molecule has 0 saturated carbocycles. The van der Waals surface area contributed by atoms with Crippen LogP contribution in [0.15, 0.2) is 35.0 Å². The summed E-state index contributed by atoms with van der Waals surface area (Å²) in [5, 5.41) is 15.4. The molecule has 0 aliphatic carbocycles. The maximum Gasteiger partial charge on any atom is 0.274 e. The standard InChI is InChI=1S/C18H18ClN5OS/c19-14-9-26-10-15(14)21-18(25)16-5-3-12-4-6-17(22-24(12)16)23-8-11-1-2-13(23)7-20-11/h3-6,9-11,13,20H,1-2,7-8H2,(H,21,25)/t11-,13?/m0/s1. The van der Waals surface area contributed by atoms with E-state index in [1.807, 2.05) is 23.6 Å². The van der Waals surface area contributed by atoms with Gasteiger partial charge in [0.2, 0.25) is 0 Å². The van der Waals surface area contributed by atoms with E-state index < -0.39 is 0 Å². The van der Waals surface area contributed by atoms with Crippen LogP contribution in [0.4, 0.5) is 11.5 Å². The molecule has 0 radical (unpaired) electrons. The highest BCUT2D eigenvalue weighted by Gasteiger charge is 2.34. The van der Waals surface area contributed by atoms with Gasteiger partial charge in [-0.15, -0.1) is 16.4 Å². The van der Waals surface area contributed by atoms with Crippen molar-refractivity contribution >= 4 is 45.9 Å². The zero-order valence-corrected chi connectivity index (χ0v) is 15.6. The maximum absolute atomic E-state index is 12.7. The second-order valence-corrected chi connectivity index (χ2v) is 7.97. The van der Waals surface area contributed by atoms with Gasteiger partial charge in [-0.3, -0.25) is 4.79 Å². The van der Waals surface area contributed by atoms with Crippen LogP contribution in [0, 0.1) is 0 Å². The largest absolute Gasteiger partial charge is 0.349 e. The minimum absolute atomic E-state index is 0.211. The van der Waals surface area contributed by atoms with Gasteiger partial charge in [0.15, 0.2) is 0 Å². The highest BCUT2D eigenvalue weighted by molar-refractivity contribution is 7.09. The van der Waals surface area contributed by atoms with E-state index in [9.17, 15) is 4.79 Å². The quantitative estimate of drug-likeness (QED) is 0.724. The molecule has 1 unspecified atom stereocenters.